The minimum absolute atomic E-state index is 0.0962. The van der Waals surface area contributed by atoms with Crippen LogP contribution in [0.1, 0.15) is 31.9 Å². The molecular weight excluding hydrogens is 325 g/mol. The Labute approximate surface area is 137 Å². The van der Waals surface area contributed by atoms with E-state index in [2.05, 4.69) is 9.97 Å². The lowest BCUT2D eigenvalue weighted by atomic mass is 9.97. The van der Waals surface area contributed by atoms with Crippen molar-refractivity contribution in [2.45, 2.75) is 38.4 Å². The summed E-state index contributed by atoms with van der Waals surface area (Å²) in [6.45, 7) is 3.31. The number of halogens is 3. The molecule has 1 aromatic heterocycles. The van der Waals surface area contributed by atoms with Crippen LogP contribution in [0.2, 0.25) is 0 Å². The molecule has 2 aliphatic heterocycles. The summed E-state index contributed by atoms with van der Waals surface area (Å²) in [6.07, 6.45) is -2.84. The van der Waals surface area contributed by atoms with Crippen LogP contribution in [0.3, 0.4) is 0 Å². The van der Waals surface area contributed by atoms with E-state index in [1.54, 1.807) is 9.80 Å². The summed E-state index contributed by atoms with van der Waals surface area (Å²) >= 11 is 0. The molecule has 0 aliphatic carbocycles. The second kappa shape index (κ2) is 6.10. The van der Waals surface area contributed by atoms with Crippen molar-refractivity contribution < 1.29 is 23.1 Å². The van der Waals surface area contributed by atoms with E-state index in [0.29, 0.717) is 32.5 Å². The molecule has 0 saturated carbocycles. The number of carbonyl (C=O) groups is 1. The number of aromatic nitrogens is 2. The van der Waals surface area contributed by atoms with E-state index < -0.39 is 23.8 Å². The Morgan fingerprint density at radius 2 is 1.88 bits per heavy atom. The highest BCUT2D eigenvalue weighted by molar-refractivity contribution is 5.70. The van der Waals surface area contributed by atoms with Crippen molar-refractivity contribution in [2.75, 3.05) is 29.4 Å². The molecule has 9 heteroatoms. The van der Waals surface area contributed by atoms with Crippen molar-refractivity contribution >= 4 is 17.7 Å². The number of anilines is 2. The number of carboxylic acid groups (broad SMARTS) is 1. The molecule has 0 spiro atoms. The Bertz CT molecular complexity index is 630. The minimum atomic E-state index is -4.54. The minimum Gasteiger partial charge on any atom is -0.481 e. The molecule has 0 bridgehead atoms. The van der Waals surface area contributed by atoms with Crippen molar-refractivity contribution in [1.29, 1.82) is 0 Å². The quantitative estimate of drug-likeness (QED) is 0.908. The first-order valence-electron chi connectivity index (χ1n) is 7.96. The molecule has 3 rings (SSSR count). The molecule has 1 atom stereocenters. The molecule has 0 radical (unpaired) electrons. The Balaban J connectivity index is 1.87. The maximum atomic E-state index is 13.2. The number of nitrogens with zero attached hydrogens (tertiary/aromatic N) is 4. The summed E-state index contributed by atoms with van der Waals surface area (Å²) < 4.78 is 39.5. The van der Waals surface area contributed by atoms with Crippen molar-refractivity contribution in [2.24, 2.45) is 5.92 Å². The number of hydrogen-bond acceptors (Lipinski definition) is 5. The molecule has 24 heavy (non-hydrogen) atoms. The van der Waals surface area contributed by atoms with Gasteiger partial charge in [-0.25, -0.2) is 4.98 Å². The van der Waals surface area contributed by atoms with Gasteiger partial charge in [0, 0.05) is 31.7 Å². The van der Waals surface area contributed by atoms with Crippen molar-refractivity contribution in [3.63, 3.8) is 0 Å². The SMILES string of the molecule is C[C@H]1CCN1c1nc(N2CCC(C(=O)O)CC2)cc(C(F)(F)F)n1. The number of hydrogen-bond donors (Lipinski definition) is 1. The largest absolute Gasteiger partial charge is 0.481 e. The van der Waals surface area contributed by atoms with Gasteiger partial charge in [0.05, 0.1) is 5.92 Å². The number of carboxylic acids is 1. The van der Waals surface area contributed by atoms with Gasteiger partial charge in [0.15, 0.2) is 5.69 Å². The molecule has 1 aromatic rings. The standard InChI is InChI=1S/C15H19F3N4O2/c1-9-2-7-22(9)14-19-11(15(16,17)18)8-12(20-14)21-5-3-10(4-6-21)13(23)24/h8-10H,2-7H2,1H3,(H,23,24)/t9-/m0/s1. The first kappa shape index (κ1) is 16.8. The van der Waals surface area contributed by atoms with Crippen molar-refractivity contribution in [3.05, 3.63) is 11.8 Å². The number of aliphatic carboxylic acids is 1. The van der Waals surface area contributed by atoms with Gasteiger partial charge in [0.1, 0.15) is 5.82 Å². The third-order valence-corrected chi connectivity index (χ3v) is 4.74. The van der Waals surface area contributed by atoms with Crippen LogP contribution in [0.4, 0.5) is 24.9 Å². The number of alkyl halides is 3. The summed E-state index contributed by atoms with van der Waals surface area (Å²) in [6, 6.07) is 1.08. The maximum Gasteiger partial charge on any atom is 0.433 e. The van der Waals surface area contributed by atoms with Crippen LogP contribution in [-0.4, -0.2) is 46.7 Å². The molecular formula is C15H19F3N4O2. The van der Waals surface area contributed by atoms with Gasteiger partial charge in [-0.2, -0.15) is 18.2 Å². The summed E-state index contributed by atoms with van der Waals surface area (Å²) in [7, 11) is 0. The van der Waals surface area contributed by atoms with Crippen LogP contribution < -0.4 is 9.80 Å². The van der Waals surface area contributed by atoms with E-state index in [1.807, 2.05) is 6.92 Å². The summed E-state index contributed by atoms with van der Waals surface area (Å²) in [5, 5.41) is 9.03. The molecule has 0 aromatic carbocycles. The smallest absolute Gasteiger partial charge is 0.433 e. The second-order valence-corrected chi connectivity index (χ2v) is 6.34. The van der Waals surface area contributed by atoms with Crippen molar-refractivity contribution in [1.82, 2.24) is 9.97 Å². The van der Waals surface area contributed by atoms with E-state index in [0.717, 1.165) is 12.5 Å². The Hall–Kier alpha value is -2.06. The first-order chi connectivity index (χ1) is 11.3. The molecule has 0 unspecified atom stereocenters. The molecule has 3 heterocycles. The van der Waals surface area contributed by atoms with E-state index >= 15 is 0 Å². The topological polar surface area (TPSA) is 69.6 Å². The Morgan fingerprint density at radius 1 is 1.21 bits per heavy atom. The first-order valence-corrected chi connectivity index (χ1v) is 7.96. The van der Waals surface area contributed by atoms with E-state index in [9.17, 15) is 18.0 Å². The molecule has 2 aliphatic rings. The van der Waals surface area contributed by atoms with Gasteiger partial charge in [-0.05, 0) is 26.2 Å². The lowest BCUT2D eigenvalue weighted by Crippen LogP contribution is -2.47. The normalized spacial score (nSPS) is 22.4. The fourth-order valence-electron chi connectivity index (χ4n) is 3.03. The molecule has 6 nitrogen and oxygen atoms in total. The predicted octanol–water partition coefficient (Wildman–Crippen LogP) is 2.40. The second-order valence-electron chi connectivity index (χ2n) is 6.34. The third kappa shape index (κ3) is 3.25. The third-order valence-electron chi connectivity index (χ3n) is 4.74. The van der Waals surface area contributed by atoms with Gasteiger partial charge in [-0.1, -0.05) is 0 Å². The zero-order chi connectivity index (χ0) is 17.5. The van der Waals surface area contributed by atoms with Gasteiger partial charge < -0.3 is 14.9 Å². The highest BCUT2D eigenvalue weighted by atomic mass is 19.4. The summed E-state index contributed by atoms with van der Waals surface area (Å²) in [4.78, 5) is 22.5. The highest BCUT2D eigenvalue weighted by Gasteiger charge is 2.37. The zero-order valence-corrected chi connectivity index (χ0v) is 13.3. The molecule has 2 saturated heterocycles. The lowest BCUT2D eigenvalue weighted by Gasteiger charge is -2.39. The number of rotatable bonds is 3. The molecule has 2 fully saturated rings. The van der Waals surface area contributed by atoms with E-state index in [-0.39, 0.29) is 17.8 Å². The van der Waals surface area contributed by atoms with Gasteiger partial charge in [0.25, 0.3) is 0 Å². The van der Waals surface area contributed by atoms with Crippen LogP contribution in [0.15, 0.2) is 6.07 Å². The monoisotopic (exact) mass is 344 g/mol. The van der Waals surface area contributed by atoms with Gasteiger partial charge >= 0.3 is 12.1 Å². The highest BCUT2D eigenvalue weighted by Crippen LogP contribution is 2.34. The predicted molar refractivity (Wildman–Crippen MR) is 81.0 cm³/mol. The van der Waals surface area contributed by atoms with E-state index in [4.69, 9.17) is 5.11 Å². The molecule has 1 N–H and O–H groups in total. The zero-order valence-electron chi connectivity index (χ0n) is 13.3. The molecule has 132 valence electrons. The number of piperidine rings is 1. The van der Waals surface area contributed by atoms with Crippen LogP contribution in [-0.2, 0) is 11.0 Å². The fraction of sp³-hybridized carbons (Fsp3) is 0.667. The van der Waals surface area contributed by atoms with Crippen LogP contribution in [0.5, 0.6) is 0 Å². The Morgan fingerprint density at radius 3 is 2.33 bits per heavy atom. The van der Waals surface area contributed by atoms with Crippen LogP contribution in [0.25, 0.3) is 0 Å². The summed E-state index contributed by atoms with van der Waals surface area (Å²) in [5.41, 5.74) is -0.957. The Kier molecular flexibility index (Phi) is 4.27. The van der Waals surface area contributed by atoms with Crippen molar-refractivity contribution in [3.8, 4) is 0 Å². The maximum absolute atomic E-state index is 13.2. The van der Waals surface area contributed by atoms with Gasteiger partial charge in [-0.3, -0.25) is 4.79 Å². The van der Waals surface area contributed by atoms with Gasteiger partial charge in [0.2, 0.25) is 5.95 Å². The summed E-state index contributed by atoms with van der Waals surface area (Å²) in [5.74, 6) is -0.988. The fourth-order valence-corrected chi connectivity index (χ4v) is 3.03. The van der Waals surface area contributed by atoms with Crippen LogP contribution >= 0.6 is 0 Å². The van der Waals surface area contributed by atoms with E-state index in [1.165, 1.54) is 0 Å². The molecule has 0 amide bonds. The van der Waals surface area contributed by atoms with Crippen LogP contribution in [0, 0.1) is 5.92 Å². The average molecular weight is 344 g/mol. The average Bonchev–Trinajstić information content (AvgIpc) is 2.52. The van der Waals surface area contributed by atoms with Gasteiger partial charge in [-0.15, -0.1) is 0 Å². The lowest BCUT2D eigenvalue weighted by molar-refractivity contribution is -0.142.